The Morgan fingerprint density at radius 1 is 1.11 bits per heavy atom. The Kier molecular flexibility index (Phi) is 7.95. The largest absolute Gasteiger partial charge is 0.462 e. The predicted molar refractivity (Wildman–Crippen MR) is 79.3 cm³/mol. The molecule has 1 unspecified atom stereocenters. The molecule has 0 fully saturated rings. The summed E-state index contributed by atoms with van der Waals surface area (Å²) in [7, 11) is 0. The van der Waals surface area contributed by atoms with Gasteiger partial charge in [0.05, 0.1) is 12.2 Å². The van der Waals surface area contributed by atoms with Crippen molar-refractivity contribution in [1.82, 2.24) is 0 Å². The van der Waals surface area contributed by atoms with Gasteiger partial charge in [-0.2, -0.15) is 0 Å². The van der Waals surface area contributed by atoms with Crippen molar-refractivity contribution in [3.8, 4) is 0 Å². The quantitative estimate of drug-likeness (QED) is 0.470. The summed E-state index contributed by atoms with van der Waals surface area (Å²) in [5.41, 5.74) is 0.637. The Bertz CT molecular complexity index is 346. The molecule has 0 aliphatic carbocycles. The van der Waals surface area contributed by atoms with E-state index in [0.717, 1.165) is 6.42 Å². The van der Waals surface area contributed by atoms with E-state index in [4.69, 9.17) is 4.74 Å². The average molecular weight is 262 g/mol. The normalized spacial score (nSPS) is 12.1. The summed E-state index contributed by atoms with van der Waals surface area (Å²) in [4.78, 5) is 11.7. The summed E-state index contributed by atoms with van der Waals surface area (Å²) in [5, 5.41) is 0. The van der Waals surface area contributed by atoms with Gasteiger partial charge in [-0.25, -0.2) is 4.79 Å². The molecule has 0 radical (unpaired) electrons. The van der Waals surface area contributed by atoms with Gasteiger partial charge < -0.3 is 4.74 Å². The van der Waals surface area contributed by atoms with E-state index < -0.39 is 0 Å². The Balaban J connectivity index is 2.13. The fourth-order valence-corrected chi connectivity index (χ4v) is 2.06. The molecule has 1 atom stereocenters. The van der Waals surface area contributed by atoms with Crippen molar-refractivity contribution < 1.29 is 9.53 Å². The first-order valence-electron chi connectivity index (χ1n) is 7.46. The number of hydrogen-bond donors (Lipinski definition) is 0. The van der Waals surface area contributed by atoms with Crippen LogP contribution in [0.1, 0.15) is 62.7 Å². The van der Waals surface area contributed by atoms with Gasteiger partial charge >= 0.3 is 5.97 Å². The monoisotopic (exact) mass is 262 g/mol. The molecule has 0 amide bonds. The van der Waals surface area contributed by atoms with Crippen molar-refractivity contribution in [3.05, 3.63) is 35.9 Å². The van der Waals surface area contributed by atoms with E-state index in [1.165, 1.54) is 32.1 Å². The molecule has 2 nitrogen and oxygen atoms in total. The molecule has 0 N–H and O–H groups in total. The van der Waals surface area contributed by atoms with Crippen molar-refractivity contribution in [3.63, 3.8) is 0 Å². The molecule has 0 aliphatic heterocycles. The second-order valence-corrected chi connectivity index (χ2v) is 5.27. The first-order chi connectivity index (χ1) is 9.24. The standard InChI is InChI=1S/C17H26O2/c1-3-4-5-6-8-11-15(2)14-19-17(18)16-12-9-7-10-13-16/h7,9-10,12-13,15H,3-6,8,11,14H2,1-2H3. The summed E-state index contributed by atoms with van der Waals surface area (Å²) in [6, 6.07) is 9.19. The van der Waals surface area contributed by atoms with Gasteiger partial charge in [-0.1, -0.05) is 64.2 Å². The second-order valence-electron chi connectivity index (χ2n) is 5.27. The van der Waals surface area contributed by atoms with Gasteiger partial charge in [0.1, 0.15) is 0 Å². The summed E-state index contributed by atoms with van der Waals surface area (Å²) in [5.74, 6) is 0.243. The van der Waals surface area contributed by atoms with Crippen LogP contribution in [0.2, 0.25) is 0 Å². The fraction of sp³-hybridized carbons (Fsp3) is 0.588. The fourth-order valence-electron chi connectivity index (χ4n) is 2.06. The number of carbonyl (C=O) groups is 1. The number of esters is 1. The molecular formula is C17H26O2. The maximum absolute atomic E-state index is 11.7. The average Bonchev–Trinajstić information content (AvgIpc) is 2.45. The second kappa shape index (κ2) is 9.60. The Morgan fingerprint density at radius 2 is 1.79 bits per heavy atom. The molecule has 1 rings (SSSR count). The first kappa shape index (κ1) is 15.7. The first-order valence-corrected chi connectivity index (χ1v) is 7.46. The maximum Gasteiger partial charge on any atom is 0.338 e. The lowest BCUT2D eigenvalue weighted by atomic mass is 10.0. The highest BCUT2D eigenvalue weighted by Crippen LogP contribution is 2.12. The molecule has 2 heteroatoms. The minimum Gasteiger partial charge on any atom is -0.462 e. The van der Waals surface area contributed by atoms with Gasteiger partial charge in [-0.3, -0.25) is 0 Å². The molecule has 1 aromatic rings. The topological polar surface area (TPSA) is 26.3 Å². The highest BCUT2D eigenvalue weighted by Gasteiger charge is 2.09. The molecule has 0 aromatic heterocycles. The van der Waals surface area contributed by atoms with Crippen molar-refractivity contribution in [2.45, 2.75) is 52.4 Å². The maximum atomic E-state index is 11.7. The minimum atomic E-state index is -0.210. The molecule has 0 spiro atoms. The van der Waals surface area contributed by atoms with Gasteiger partial charge in [-0.15, -0.1) is 0 Å². The highest BCUT2D eigenvalue weighted by molar-refractivity contribution is 5.89. The molecule has 0 heterocycles. The summed E-state index contributed by atoms with van der Waals surface area (Å²) in [6.07, 6.45) is 7.62. The number of hydrogen-bond acceptors (Lipinski definition) is 2. The van der Waals surface area contributed by atoms with Crippen LogP contribution in [0, 0.1) is 5.92 Å². The van der Waals surface area contributed by atoms with E-state index in [1.807, 2.05) is 18.2 Å². The van der Waals surface area contributed by atoms with Crippen LogP contribution in [0.15, 0.2) is 30.3 Å². The van der Waals surface area contributed by atoms with E-state index in [0.29, 0.717) is 18.1 Å². The van der Waals surface area contributed by atoms with Crippen LogP contribution in [0.4, 0.5) is 0 Å². The number of unbranched alkanes of at least 4 members (excludes halogenated alkanes) is 4. The number of rotatable bonds is 9. The number of benzene rings is 1. The number of ether oxygens (including phenoxy) is 1. The Labute approximate surface area is 117 Å². The molecular weight excluding hydrogens is 236 g/mol. The van der Waals surface area contributed by atoms with E-state index >= 15 is 0 Å². The van der Waals surface area contributed by atoms with Gasteiger partial charge in [0.25, 0.3) is 0 Å². The minimum absolute atomic E-state index is 0.210. The SMILES string of the molecule is CCCCCCCC(C)COC(=O)c1ccccc1. The summed E-state index contributed by atoms with van der Waals surface area (Å²) < 4.78 is 5.33. The van der Waals surface area contributed by atoms with Crippen LogP contribution in [-0.2, 0) is 4.74 Å². The molecule has 0 bridgehead atoms. The summed E-state index contributed by atoms with van der Waals surface area (Å²) >= 11 is 0. The Morgan fingerprint density at radius 3 is 2.47 bits per heavy atom. The van der Waals surface area contributed by atoms with Gasteiger partial charge in [0.15, 0.2) is 0 Å². The molecule has 0 aliphatic rings. The van der Waals surface area contributed by atoms with E-state index in [-0.39, 0.29) is 5.97 Å². The predicted octanol–water partition coefficient (Wildman–Crippen LogP) is 4.84. The van der Waals surface area contributed by atoms with Crippen LogP contribution >= 0.6 is 0 Å². The van der Waals surface area contributed by atoms with Crippen LogP contribution in [0.5, 0.6) is 0 Å². The lowest BCUT2D eigenvalue weighted by Gasteiger charge is -2.12. The third-order valence-corrected chi connectivity index (χ3v) is 3.31. The van der Waals surface area contributed by atoms with Crippen LogP contribution in [0.25, 0.3) is 0 Å². The van der Waals surface area contributed by atoms with Crippen LogP contribution < -0.4 is 0 Å². The van der Waals surface area contributed by atoms with Gasteiger partial charge in [-0.05, 0) is 24.5 Å². The van der Waals surface area contributed by atoms with Crippen molar-refractivity contribution in [2.24, 2.45) is 5.92 Å². The van der Waals surface area contributed by atoms with Crippen LogP contribution in [0.3, 0.4) is 0 Å². The van der Waals surface area contributed by atoms with E-state index in [1.54, 1.807) is 12.1 Å². The third kappa shape index (κ3) is 7.00. The molecule has 0 saturated heterocycles. The van der Waals surface area contributed by atoms with E-state index in [9.17, 15) is 4.79 Å². The highest BCUT2D eigenvalue weighted by atomic mass is 16.5. The molecule has 1 aromatic carbocycles. The van der Waals surface area contributed by atoms with Crippen molar-refractivity contribution in [2.75, 3.05) is 6.61 Å². The number of carbonyl (C=O) groups excluding carboxylic acids is 1. The van der Waals surface area contributed by atoms with E-state index in [2.05, 4.69) is 13.8 Å². The Hall–Kier alpha value is -1.31. The smallest absolute Gasteiger partial charge is 0.338 e. The van der Waals surface area contributed by atoms with Crippen molar-refractivity contribution in [1.29, 1.82) is 0 Å². The third-order valence-electron chi connectivity index (χ3n) is 3.31. The zero-order valence-corrected chi connectivity index (χ0v) is 12.2. The zero-order valence-electron chi connectivity index (χ0n) is 12.2. The lowest BCUT2D eigenvalue weighted by molar-refractivity contribution is 0.0442. The molecule has 0 saturated carbocycles. The zero-order chi connectivity index (χ0) is 13.9. The lowest BCUT2D eigenvalue weighted by Crippen LogP contribution is -2.12. The summed E-state index contributed by atoms with van der Waals surface area (Å²) in [6.45, 7) is 4.91. The van der Waals surface area contributed by atoms with Gasteiger partial charge in [0, 0.05) is 0 Å². The van der Waals surface area contributed by atoms with Crippen molar-refractivity contribution >= 4 is 5.97 Å². The van der Waals surface area contributed by atoms with Crippen LogP contribution in [-0.4, -0.2) is 12.6 Å². The van der Waals surface area contributed by atoms with Gasteiger partial charge in [0.2, 0.25) is 0 Å². The molecule has 106 valence electrons. The molecule has 19 heavy (non-hydrogen) atoms.